The van der Waals surface area contributed by atoms with Gasteiger partial charge >= 0.3 is 0 Å². The van der Waals surface area contributed by atoms with E-state index in [2.05, 4.69) is 10.6 Å². The Hall–Kier alpha value is -2.22. The van der Waals surface area contributed by atoms with Gasteiger partial charge in [-0.2, -0.15) is 5.26 Å². The van der Waals surface area contributed by atoms with Crippen molar-refractivity contribution in [2.75, 3.05) is 17.2 Å². The molecule has 4 nitrogen and oxygen atoms in total. The molecule has 2 aromatic rings. The van der Waals surface area contributed by atoms with Crippen molar-refractivity contribution < 1.29 is 4.79 Å². The highest BCUT2D eigenvalue weighted by molar-refractivity contribution is 6.35. The minimum absolute atomic E-state index is 0.129. The summed E-state index contributed by atoms with van der Waals surface area (Å²) in [6, 6.07) is 13.8. The highest BCUT2D eigenvalue weighted by Gasteiger charge is 2.04. The summed E-state index contributed by atoms with van der Waals surface area (Å²) in [4.78, 5) is 11.8. The number of hydrogen-bond acceptors (Lipinski definition) is 3. The van der Waals surface area contributed by atoms with Gasteiger partial charge in [-0.3, -0.25) is 4.79 Å². The van der Waals surface area contributed by atoms with Crippen LogP contribution in [0.25, 0.3) is 0 Å². The summed E-state index contributed by atoms with van der Waals surface area (Å²) in [6.07, 6.45) is 0.281. The molecule has 0 saturated heterocycles. The molecule has 0 aliphatic rings. The lowest BCUT2D eigenvalue weighted by Crippen LogP contribution is -2.16. The second kappa shape index (κ2) is 7.69. The number of nitrogens with zero attached hydrogens (tertiary/aromatic N) is 1. The molecule has 2 aromatic carbocycles. The third-order valence-electron chi connectivity index (χ3n) is 2.89. The highest BCUT2D eigenvalue weighted by atomic mass is 35.5. The van der Waals surface area contributed by atoms with Crippen LogP contribution in [0.3, 0.4) is 0 Å². The van der Waals surface area contributed by atoms with Crippen LogP contribution < -0.4 is 10.6 Å². The van der Waals surface area contributed by atoms with Crippen LogP contribution >= 0.6 is 23.2 Å². The first kappa shape index (κ1) is 16.2. The summed E-state index contributed by atoms with van der Waals surface area (Å²) in [7, 11) is 0. The average molecular weight is 334 g/mol. The van der Waals surface area contributed by atoms with Gasteiger partial charge < -0.3 is 10.6 Å². The number of carbonyl (C=O) groups excluding carboxylic acids is 1. The lowest BCUT2D eigenvalue weighted by molar-refractivity contribution is -0.115. The van der Waals surface area contributed by atoms with Gasteiger partial charge in [0, 0.05) is 23.7 Å². The van der Waals surface area contributed by atoms with Crippen LogP contribution in [0, 0.1) is 11.3 Å². The molecule has 0 spiro atoms. The molecule has 0 bridgehead atoms. The smallest absolute Gasteiger partial charge is 0.226 e. The van der Waals surface area contributed by atoms with Gasteiger partial charge in [-0.25, -0.2) is 0 Å². The molecule has 0 heterocycles. The molecule has 0 fully saturated rings. The van der Waals surface area contributed by atoms with Crippen LogP contribution in [0.1, 0.15) is 12.0 Å². The summed E-state index contributed by atoms with van der Waals surface area (Å²) < 4.78 is 0. The zero-order valence-electron chi connectivity index (χ0n) is 11.6. The van der Waals surface area contributed by atoms with E-state index in [-0.39, 0.29) is 12.3 Å². The molecule has 0 aliphatic carbocycles. The normalized spacial score (nSPS) is 9.86. The Labute approximate surface area is 138 Å². The van der Waals surface area contributed by atoms with E-state index in [0.29, 0.717) is 33.5 Å². The number of halogens is 2. The van der Waals surface area contributed by atoms with Gasteiger partial charge in [0.25, 0.3) is 0 Å². The van der Waals surface area contributed by atoms with Gasteiger partial charge in [0.15, 0.2) is 0 Å². The van der Waals surface area contributed by atoms with Gasteiger partial charge in [0.2, 0.25) is 5.91 Å². The molecule has 2 rings (SSSR count). The molecule has 112 valence electrons. The molecule has 6 heteroatoms. The van der Waals surface area contributed by atoms with Crippen molar-refractivity contribution in [2.24, 2.45) is 0 Å². The lowest BCUT2D eigenvalue weighted by Gasteiger charge is -2.09. The van der Waals surface area contributed by atoms with Gasteiger partial charge in [0.05, 0.1) is 22.3 Å². The molecule has 0 saturated carbocycles. The maximum atomic E-state index is 11.8. The number of anilines is 2. The molecule has 2 N–H and O–H groups in total. The fourth-order valence-electron chi connectivity index (χ4n) is 1.80. The second-order valence-corrected chi connectivity index (χ2v) is 5.38. The van der Waals surface area contributed by atoms with Crippen molar-refractivity contribution in [1.29, 1.82) is 5.26 Å². The van der Waals surface area contributed by atoms with Gasteiger partial charge in [-0.15, -0.1) is 0 Å². The van der Waals surface area contributed by atoms with Gasteiger partial charge in [-0.1, -0.05) is 23.2 Å². The minimum atomic E-state index is -0.129. The zero-order chi connectivity index (χ0) is 15.9. The van der Waals surface area contributed by atoms with E-state index >= 15 is 0 Å². The Bertz CT molecular complexity index is 708. The van der Waals surface area contributed by atoms with E-state index in [1.807, 2.05) is 6.07 Å². The Morgan fingerprint density at radius 1 is 1.14 bits per heavy atom. The summed E-state index contributed by atoms with van der Waals surface area (Å²) in [5.74, 6) is -0.129. The topological polar surface area (TPSA) is 64.9 Å². The van der Waals surface area contributed by atoms with Crippen molar-refractivity contribution >= 4 is 40.5 Å². The standard InChI is InChI=1S/C16H13Cl2N3O/c17-12-3-6-14(18)15(9-12)20-8-7-16(22)21-13-4-1-11(10-19)2-5-13/h1-6,9,20H,7-8H2,(H,21,22). The third-order valence-corrected chi connectivity index (χ3v) is 3.46. The van der Waals surface area contributed by atoms with Crippen LogP contribution in [0.5, 0.6) is 0 Å². The molecule has 22 heavy (non-hydrogen) atoms. The number of carbonyl (C=O) groups is 1. The number of hydrogen-bond donors (Lipinski definition) is 2. The zero-order valence-corrected chi connectivity index (χ0v) is 13.1. The van der Waals surface area contributed by atoms with Crippen LogP contribution in [0.4, 0.5) is 11.4 Å². The molecular weight excluding hydrogens is 321 g/mol. The van der Waals surface area contributed by atoms with Crippen molar-refractivity contribution in [3.8, 4) is 6.07 Å². The first-order valence-electron chi connectivity index (χ1n) is 6.57. The van der Waals surface area contributed by atoms with Crippen molar-refractivity contribution in [3.63, 3.8) is 0 Å². The SMILES string of the molecule is N#Cc1ccc(NC(=O)CCNc2cc(Cl)ccc2Cl)cc1. The number of nitrogens with one attached hydrogen (secondary N) is 2. The van der Waals surface area contributed by atoms with Gasteiger partial charge in [-0.05, 0) is 42.5 Å². The second-order valence-electron chi connectivity index (χ2n) is 4.54. The predicted molar refractivity (Wildman–Crippen MR) is 89.4 cm³/mol. The number of nitriles is 1. The Kier molecular flexibility index (Phi) is 5.65. The van der Waals surface area contributed by atoms with Crippen LogP contribution in [0.2, 0.25) is 10.0 Å². The van der Waals surface area contributed by atoms with Crippen molar-refractivity contribution in [1.82, 2.24) is 0 Å². The van der Waals surface area contributed by atoms with E-state index in [4.69, 9.17) is 28.5 Å². The van der Waals surface area contributed by atoms with Crippen LogP contribution in [-0.2, 0) is 4.79 Å². The maximum absolute atomic E-state index is 11.8. The quantitative estimate of drug-likeness (QED) is 0.856. The minimum Gasteiger partial charge on any atom is -0.383 e. The summed E-state index contributed by atoms with van der Waals surface area (Å²) >= 11 is 11.9. The fourth-order valence-corrected chi connectivity index (χ4v) is 2.15. The average Bonchev–Trinajstić information content (AvgIpc) is 2.51. The largest absolute Gasteiger partial charge is 0.383 e. The van der Waals surface area contributed by atoms with Crippen LogP contribution in [0.15, 0.2) is 42.5 Å². The van der Waals surface area contributed by atoms with E-state index in [0.717, 1.165) is 0 Å². The fraction of sp³-hybridized carbons (Fsp3) is 0.125. The third kappa shape index (κ3) is 4.66. The molecule has 0 radical (unpaired) electrons. The molecule has 0 atom stereocenters. The molecule has 0 aliphatic heterocycles. The monoisotopic (exact) mass is 333 g/mol. The van der Waals surface area contributed by atoms with Crippen molar-refractivity contribution in [2.45, 2.75) is 6.42 Å². The molecule has 0 unspecified atom stereocenters. The Balaban J connectivity index is 1.82. The highest BCUT2D eigenvalue weighted by Crippen LogP contribution is 2.25. The molecular formula is C16H13Cl2N3O. The van der Waals surface area contributed by atoms with E-state index < -0.39 is 0 Å². The summed E-state index contributed by atoms with van der Waals surface area (Å²) in [5, 5.41) is 15.7. The number of benzene rings is 2. The van der Waals surface area contributed by atoms with E-state index in [9.17, 15) is 4.79 Å². The Morgan fingerprint density at radius 2 is 1.86 bits per heavy atom. The predicted octanol–water partition coefficient (Wildman–Crippen LogP) is 4.31. The number of amides is 1. The lowest BCUT2D eigenvalue weighted by atomic mass is 10.2. The van der Waals surface area contributed by atoms with Crippen LogP contribution in [-0.4, -0.2) is 12.5 Å². The first-order valence-corrected chi connectivity index (χ1v) is 7.33. The molecule has 1 amide bonds. The summed E-state index contributed by atoms with van der Waals surface area (Å²) in [6.45, 7) is 0.433. The molecule has 0 aromatic heterocycles. The first-order chi connectivity index (χ1) is 10.6. The summed E-state index contributed by atoms with van der Waals surface area (Å²) in [5.41, 5.74) is 1.90. The number of rotatable bonds is 5. The van der Waals surface area contributed by atoms with Crippen molar-refractivity contribution in [3.05, 3.63) is 58.1 Å². The maximum Gasteiger partial charge on any atom is 0.226 e. The van der Waals surface area contributed by atoms with Gasteiger partial charge in [0.1, 0.15) is 0 Å². The Morgan fingerprint density at radius 3 is 2.55 bits per heavy atom. The van der Waals surface area contributed by atoms with E-state index in [1.165, 1.54) is 0 Å². The van der Waals surface area contributed by atoms with E-state index in [1.54, 1.807) is 42.5 Å².